The molecule has 0 saturated heterocycles. The number of guanidine groups is 1. The van der Waals surface area contributed by atoms with Crippen molar-refractivity contribution in [2.24, 2.45) is 4.99 Å². The number of rotatable bonds is 9. The number of hydrogen-bond acceptors (Lipinski definition) is 2. The summed E-state index contributed by atoms with van der Waals surface area (Å²) in [6.07, 6.45) is 5.02. The zero-order chi connectivity index (χ0) is 16.2. The predicted octanol–water partition coefficient (Wildman–Crippen LogP) is 2.51. The first-order valence-electron chi connectivity index (χ1n) is 8.19. The number of nitrogens with zero attached hydrogens (tertiary/aromatic N) is 2. The summed E-state index contributed by atoms with van der Waals surface area (Å²) in [6, 6.07) is 13.9. The quantitative estimate of drug-likeness (QED) is 0.425. The molecule has 0 spiro atoms. The van der Waals surface area contributed by atoms with Crippen LogP contribution >= 0.6 is 0 Å². The summed E-state index contributed by atoms with van der Waals surface area (Å²) >= 11 is 0. The Morgan fingerprint density at radius 2 is 1.87 bits per heavy atom. The summed E-state index contributed by atoms with van der Waals surface area (Å²) in [7, 11) is 0. The van der Waals surface area contributed by atoms with Gasteiger partial charge < -0.3 is 19.9 Å². The van der Waals surface area contributed by atoms with Crippen LogP contribution in [-0.2, 0) is 6.54 Å². The Morgan fingerprint density at radius 1 is 1.09 bits per heavy atom. The second-order valence-corrected chi connectivity index (χ2v) is 5.12. The maximum absolute atomic E-state index is 5.66. The molecule has 23 heavy (non-hydrogen) atoms. The molecule has 124 valence electrons. The van der Waals surface area contributed by atoms with E-state index in [0.29, 0.717) is 6.61 Å². The van der Waals surface area contributed by atoms with E-state index in [-0.39, 0.29) is 0 Å². The first-order chi connectivity index (χ1) is 11.4. The standard InChI is InChI=1S/C18H26N4O/c1-2-19-18(21-12-15-22-13-6-7-14-22)20-11-8-16-23-17-9-4-3-5-10-17/h3-7,9-10,13-14H,2,8,11-12,15-16H2,1H3,(H2,19,20,21). The van der Waals surface area contributed by atoms with Crippen molar-refractivity contribution >= 4 is 5.96 Å². The van der Waals surface area contributed by atoms with Crippen LogP contribution in [0.3, 0.4) is 0 Å². The summed E-state index contributed by atoms with van der Waals surface area (Å²) in [5.74, 6) is 1.77. The maximum Gasteiger partial charge on any atom is 0.191 e. The van der Waals surface area contributed by atoms with E-state index in [4.69, 9.17) is 4.74 Å². The van der Waals surface area contributed by atoms with Crippen molar-refractivity contribution in [1.29, 1.82) is 0 Å². The molecule has 2 rings (SSSR count). The number of aliphatic imine (C=N–C) groups is 1. The average Bonchev–Trinajstić information content (AvgIpc) is 3.09. The molecule has 0 amide bonds. The molecule has 0 atom stereocenters. The van der Waals surface area contributed by atoms with Crippen LogP contribution < -0.4 is 15.4 Å². The highest BCUT2D eigenvalue weighted by atomic mass is 16.5. The molecule has 1 aromatic heterocycles. The predicted molar refractivity (Wildman–Crippen MR) is 95.0 cm³/mol. The number of hydrogen-bond donors (Lipinski definition) is 2. The largest absolute Gasteiger partial charge is 0.494 e. The highest BCUT2D eigenvalue weighted by molar-refractivity contribution is 5.79. The summed E-state index contributed by atoms with van der Waals surface area (Å²) in [5, 5.41) is 6.60. The third-order valence-corrected chi connectivity index (χ3v) is 3.26. The van der Waals surface area contributed by atoms with Crippen molar-refractivity contribution in [2.75, 3.05) is 26.2 Å². The fourth-order valence-electron chi connectivity index (χ4n) is 2.13. The SMILES string of the molecule is CCNC(=NCCCOc1ccccc1)NCCn1cccc1. The Bertz CT molecular complexity index is 552. The molecule has 0 fully saturated rings. The fraction of sp³-hybridized carbons (Fsp3) is 0.389. The van der Waals surface area contributed by atoms with E-state index >= 15 is 0 Å². The number of aromatic nitrogens is 1. The average molecular weight is 314 g/mol. The van der Waals surface area contributed by atoms with Crippen LogP contribution in [-0.4, -0.2) is 36.8 Å². The molecular weight excluding hydrogens is 288 g/mol. The highest BCUT2D eigenvalue weighted by Crippen LogP contribution is 2.08. The van der Waals surface area contributed by atoms with Gasteiger partial charge in [-0.1, -0.05) is 18.2 Å². The topological polar surface area (TPSA) is 50.6 Å². The zero-order valence-corrected chi connectivity index (χ0v) is 13.7. The van der Waals surface area contributed by atoms with Crippen LogP contribution in [0.1, 0.15) is 13.3 Å². The van der Waals surface area contributed by atoms with Gasteiger partial charge >= 0.3 is 0 Å². The molecule has 1 aromatic carbocycles. The third-order valence-electron chi connectivity index (χ3n) is 3.26. The molecule has 5 nitrogen and oxygen atoms in total. The molecule has 5 heteroatoms. The second kappa shape index (κ2) is 10.3. The van der Waals surface area contributed by atoms with E-state index < -0.39 is 0 Å². The van der Waals surface area contributed by atoms with Gasteiger partial charge in [-0.15, -0.1) is 0 Å². The van der Waals surface area contributed by atoms with Crippen molar-refractivity contribution in [3.8, 4) is 5.75 Å². The molecule has 0 aliphatic carbocycles. The monoisotopic (exact) mass is 314 g/mol. The molecule has 0 radical (unpaired) electrons. The van der Waals surface area contributed by atoms with Crippen LogP contribution in [0.15, 0.2) is 59.9 Å². The molecule has 2 N–H and O–H groups in total. The third kappa shape index (κ3) is 6.91. The smallest absolute Gasteiger partial charge is 0.191 e. The summed E-state index contributed by atoms with van der Waals surface area (Å²) in [6.45, 7) is 6.12. The van der Waals surface area contributed by atoms with Crippen LogP contribution in [0.4, 0.5) is 0 Å². The lowest BCUT2D eigenvalue weighted by atomic mass is 10.3. The van der Waals surface area contributed by atoms with Crippen molar-refractivity contribution in [3.63, 3.8) is 0 Å². The van der Waals surface area contributed by atoms with Crippen LogP contribution in [0.25, 0.3) is 0 Å². The lowest BCUT2D eigenvalue weighted by molar-refractivity contribution is 0.313. The minimum absolute atomic E-state index is 0.677. The van der Waals surface area contributed by atoms with E-state index in [0.717, 1.165) is 44.3 Å². The molecular formula is C18H26N4O. The minimum atomic E-state index is 0.677. The first-order valence-corrected chi connectivity index (χ1v) is 8.19. The number of para-hydroxylation sites is 1. The number of benzene rings is 1. The van der Waals surface area contributed by atoms with Crippen LogP contribution in [0.2, 0.25) is 0 Å². The normalized spacial score (nSPS) is 11.3. The molecule has 0 unspecified atom stereocenters. The Hall–Kier alpha value is -2.43. The molecule has 2 aromatic rings. The second-order valence-electron chi connectivity index (χ2n) is 5.12. The van der Waals surface area contributed by atoms with Crippen LogP contribution in [0, 0.1) is 0 Å². The molecule has 1 heterocycles. The number of nitrogens with one attached hydrogen (secondary N) is 2. The fourth-order valence-corrected chi connectivity index (χ4v) is 2.13. The van der Waals surface area contributed by atoms with Gasteiger partial charge in [0.25, 0.3) is 0 Å². The van der Waals surface area contributed by atoms with Gasteiger partial charge in [0.2, 0.25) is 0 Å². The van der Waals surface area contributed by atoms with Gasteiger partial charge in [0.05, 0.1) is 6.61 Å². The van der Waals surface area contributed by atoms with Crippen molar-refractivity contribution < 1.29 is 4.74 Å². The highest BCUT2D eigenvalue weighted by Gasteiger charge is 1.97. The van der Waals surface area contributed by atoms with Gasteiger partial charge in [0.15, 0.2) is 5.96 Å². The lowest BCUT2D eigenvalue weighted by Gasteiger charge is -2.12. The molecule has 0 bridgehead atoms. The van der Waals surface area contributed by atoms with Gasteiger partial charge in [-0.2, -0.15) is 0 Å². The summed E-state index contributed by atoms with van der Waals surface area (Å²) in [4.78, 5) is 4.57. The van der Waals surface area contributed by atoms with Crippen LogP contribution in [0.5, 0.6) is 5.75 Å². The van der Waals surface area contributed by atoms with E-state index in [2.05, 4.69) is 39.5 Å². The Kier molecular flexibility index (Phi) is 7.60. The van der Waals surface area contributed by atoms with Crippen molar-refractivity contribution in [3.05, 3.63) is 54.9 Å². The summed E-state index contributed by atoms with van der Waals surface area (Å²) < 4.78 is 7.81. The van der Waals surface area contributed by atoms with E-state index in [9.17, 15) is 0 Å². The van der Waals surface area contributed by atoms with Crippen molar-refractivity contribution in [1.82, 2.24) is 15.2 Å². The van der Waals surface area contributed by atoms with E-state index in [1.807, 2.05) is 42.5 Å². The van der Waals surface area contributed by atoms with Gasteiger partial charge in [0, 0.05) is 45.0 Å². The zero-order valence-electron chi connectivity index (χ0n) is 13.7. The van der Waals surface area contributed by atoms with Gasteiger partial charge in [-0.25, -0.2) is 0 Å². The van der Waals surface area contributed by atoms with E-state index in [1.54, 1.807) is 0 Å². The van der Waals surface area contributed by atoms with Crippen molar-refractivity contribution in [2.45, 2.75) is 19.9 Å². The van der Waals surface area contributed by atoms with E-state index in [1.165, 1.54) is 0 Å². The minimum Gasteiger partial charge on any atom is -0.494 e. The molecule has 0 aliphatic heterocycles. The van der Waals surface area contributed by atoms with Gasteiger partial charge in [-0.05, 0) is 31.2 Å². The maximum atomic E-state index is 5.66. The van der Waals surface area contributed by atoms with Gasteiger partial charge in [-0.3, -0.25) is 4.99 Å². The first kappa shape index (κ1) is 16.9. The summed E-state index contributed by atoms with van der Waals surface area (Å²) in [5.41, 5.74) is 0. The Labute approximate surface area is 138 Å². The van der Waals surface area contributed by atoms with Gasteiger partial charge in [0.1, 0.15) is 5.75 Å². The Balaban J connectivity index is 1.64. The number of ether oxygens (including phenoxy) is 1. The Morgan fingerprint density at radius 3 is 2.61 bits per heavy atom. The molecule has 0 saturated carbocycles. The lowest BCUT2D eigenvalue weighted by Crippen LogP contribution is -2.38. The molecule has 0 aliphatic rings.